The highest BCUT2D eigenvalue weighted by molar-refractivity contribution is 5.96. The SMILES string of the molecule is CCOC(=O)c1cc(NCC2CCCCC2)ccc1N. The van der Waals surface area contributed by atoms with Crippen molar-refractivity contribution in [3.63, 3.8) is 0 Å². The van der Waals surface area contributed by atoms with Crippen molar-refractivity contribution >= 4 is 17.3 Å². The minimum absolute atomic E-state index is 0.355. The number of esters is 1. The van der Waals surface area contributed by atoms with E-state index in [1.807, 2.05) is 6.07 Å². The molecular weight excluding hydrogens is 252 g/mol. The van der Waals surface area contributed by atoms with Crippen molar-refractivity contribution in [1.29, 1.82) is 0 Å². The molecule has 4 nitrogen and oxygen atoms in total. The summed E-state index contributed by atoms with van der Waals surface area (Å²) in [6.45, 7) is 3.11. The summed E-state index contributed by atoms with van der Waals surface area (Å²) in [6.07, 6.45) is 6.63. The second-order valence-corrected chi connectivity index (χ2v) is 5.41. The lowest BCUT2D eigenvalue weighted by molar-refractivity contribution is 0.0527. The molecule has 110 valence electrons. The molecule has 1 fully saturated rings. The number of rotatable bonds is 5. The minimum atomic E-state index is -0.355. The molecule has 1 saturated carbocycles. The number of nitrogen functional groups attached to an aromatic ring is 1. The van der Waals surface area contributed by atoms with Crippen LogP contribution in [0.5, 0.6) is 0 Å². The quantitative estimate of drug-likeness (QED) is 0.638. The van der Waals surface area contributed by atoms with E-state index in [-0.39, 0.29) is 5.97 Å². The standard InChI is InChI=1S/C16H24N2O2/c1-2-20-16(19)14-10-13(8-9-15(14)17)18-11-12-6-4-3-5-7-12/h8-10,12,18H,2-7,11,17H2,1H3. The molecule has 0 amide bonds. The molecule has 0 bridgehead atoms. The highest BCUT2D eigenvalue weighted by Gasteiger charge is 2.14. The monoisotopic (exact) mass is 276 g/mol. The lowest BCUT2D eigenvalue weighted by atomic mass is 9.89. The van der Waals surface area contributed by atoms with Crippen molar-refractivity contribution < 1.29 is 9.53 Å². The van der Waals surface area contributed by atoms with Gasteiger partial charge < -0.3 is 15.8 Å². The molecule has 1 aromatic carbocycles. The summed E-state index contributed by atoms with van der Waals surface area (Å²) in [4.78, 5) is 11.8. The van der Waals surface area contributed by atoms with Gasteiger partial charge in [-0.2, -0.15) is 0 Å². The first-order valence-corrected chi connectivity index (χ1v) is 7.51. The van der Waals surface area contributed by atoms with E-state index < -0.39 is 0 Å². The van der Waals surface area contributed by atoms with Gasteiger partial charge in [-0.05, 0) is 43.9 Å². The summed E-state index contributed by atoms with van der Waals surface area (Å²) in [5.74, 6) is 0.388. The van der Waals surface area contributed by atoms with Gasteiger partial charge in [0.25, 0.3) is 0 Å². The molecule has 4 heteroatoms. The maximum atomic E-state index is 11.8. The normalized spacial score (nSPS) is 15.8. The Morgan fingerprint density at radius 2 is 2.10 bits per heavy atom. The number of benzene rings is 1. The van der Waals surface area contributed by atoms with E-state index in [1.54, 1.807) is 19.1 Å². The van der Waals surface area contributed by atoms with Crippen LogP contribution >= 0.6 is 0 Å². The van der Waals surface area contributed by atoms with E-state index in [1.165, 1.54) is 32.1 Å². The summed E-state index contributed by atoms with van der Waals surface area (Å²) in [7, 11) is 0. The molecule has 0 radical (unpaired) electrons. The third kappa shape index (κ3) is 3.89. The van der Waals surface area contributed by atoms with Crippen molar-refractivity contribution in [3.05, 3.63) is 23.8 Å². The summed E-state index contributed by atoms with van der Waals surface area (Å²) in [6, 6.07) is 5.46. The molecule has 0 saturated heterocycles. The second kappa shape index (κ2) is 7.17. The van der Waals surface area contributed by atoms with Crippen molar-refractivity contribution in [2.24, 2.45) is 5.92 Å². The van der Waals surface area contributed by atoms with Gasteiger partial charge in [0.15, 0.2) is 0 Å². The van der Waals surface area contributed by atoms with Crippen LogP contribution in [0.3, 0.4) is 0 Å². The number of nitrogens with one attached hydrogen (secondary N) is 1. The van der Waals surface area contributed by atoms with Gasteiger partial charge in [-0.1, -0.05) is 19.3 Å². The summed E-state index contributed by atoms with van der Waals surface area (Å²) in [5, 5.41) is 3.42. The van der Waals surface area contributed by atoms with Crippen LogP contribution in [0.25, 0.3) is 0 Å². The molecule has 20 heavy (non-hydrogen) atoms. The average Bonchev–Trinajstić information content (AvgIpc) is 2.47. The number of anilines is 2. The molecule has 0 aromatic heterocycles. The predicted octanol–water partition coefficient (Wildman–Crippen LogP) is 3.44. The first-order chi connectivity index (χ1) is 9.70. The van der Waals surface area contributed by atoms with Crippen LogP contribution in [0.15, 0.2) is 18.2 Å². The fourth-order valence-corrected chi connectivity index (χ4v) is 2.71. The molecule has 0 heterocycles. The third-order valence-electron chi connectivity index (χ3n) is 3.87. The van der Waals surface area contributed by atoms with Gasteiger partial charge in [0.05, 0.1) is 12.2 Å². The third-order valence-corrected chi connectivity index (χ3v) is 3.87. The molecule has 1 aliphatic carbocycles. The number of nitrogens with two attached hydrogens (primary N) is 1. The molecule has 0 aliphatic heterocycles. The summed E-state index contributed by atoms with van der Waals surface area (Å²) < 4.78 is 5.01. The van der Waals surface area contributed by atoms with E-state index in [2.05, 4.69) is 5.32 Å². The van der Waals surface area contributed by atoms with Crippen molar-refractivity contribution in [2.45, 2.75) is 39.0 Å². The van der Waals surface area contributed by atoms with Gasteiger partial charge in [-0.25, -0.2) is 4.79 Å². The second-order valence-electron chi connectivity index (χ2n) is 5.41. The Bertz CT molecular complexity index is 454. The Labute approximate surface area is 120 Å². The van der Waals surface area contributed by atoms with E-state index in [0.717, 1.165) is 18.2 Å². The zero-order valence-corrected chi connectivity index (χ0v) is 12.2. The van der Waals surface area contributed by atoms with Crippen LogP contribution in [0.2, 0.25) is 0 Å². The highest BCUT2D eigenvalue weighted by atomic mass is 16.5. The Morgan fingerprint density at radius 1 is 1.35 bits per heavy atom. The summed E-state index contributed by atoms with van der Waals surface area (Å²) >= 11 is 0. The fraction of sp³-hybridized carbons (Fsp3) is 0.562. The number of carbonyl (C=O) groups excluding carboxylic acids is 1. The van der Waals surface area contributed by atoms with Crippen LogP contribution in [-0.4, -0.2) is 19.1 Å². The van der Waals surface area contributed by atoms with E-state index in [9.17, 15) is 4.79 Å². The maximum absolute atomic E-state index is 11.8. The summed E-state index contributed by atoms with van der Waals surface area (Å²) in [5.41, 5.74) is 7.68. The van der Waals surface area contributed by atoms with Crippen LogP contribution in [0.1, 0.15) is 49.4 Å². The lowest BCUT2D eigenvalue weighted by Crippen LogP contribution is -2.17. The Balaban J connectivity index is 1.97. The van der Waals surface area contributed by atoms with Gasteiger partial charge in [-0.3, -0.25) is 0 Å². The largest absolute Gasteiger partial charge is 0.462 e. The zero-order valence-electron chi connectivity index (χ0n) is 12.2. The lowest BCUT2D eigenvalue weighted by Gasteiger charge is -2.22. The molecular formula is C16H24N2O2. The predicted molar refractivity (Wildman–Crippen MR) is 81.9 cm³/mol. The highest BCUT2D eigenvalue weighted by Crippen LogP contribution is 2.25. The minimum Gasteiger partial charge on any atom is -0.462 e. The van der Waals surface area contributed by atoms with Crippen molar-refractivity contribution in [2.75, 3.05) is 24.2 Å². The van der Waals surface area contributed by atoms with Crippen LogP contribution in [0, 0.1) is 5.92 Å². The zero-order chi connectivity index (χ0) is 14.4. The van der Waals surface area contributed by atoms with Crippen LogP contribution in [-0.2, 0) is 4.74 Å². The maximum Gasteiger partial charge on any atom is 0.340 e. The number of hydrogen-bond acceptors (Lipinski definition) is 4. The molecule has 3 N–H and O–H groups in total. The molecule has 0 unspecified atom stereocenters. The molecule has 2 rings (SSSR count). The van der Waals surface area contributed by atoms with Gasteiger partial charge in [-0.15, -0.1) is 0 Å². The fourth-order valence-electron chi connectivity index (χ4n) is 2.71. The van der Waals surface area contributed by atoms with Crippen LogP contribution in [0.4, 0.5) is 11.4 Å². The average molecular weight is 276 g/mol. The molecule has 1 aromatic rings. The van der Waals surface area contributed by atoms with Crippen molar-refractivity contribution in [1.82, 2.24) is 0 Å². The topological polar surface area (TPSA) is 64.3 Å². The number of hydrogen-bond donors (Lipinski definition) is 2. The van der Waals surface area contributed by atoms with Gasteiger partial charge >= 0.3 is 5.97 Å². The van der Waals surface area contributed by atoms with E-state index >= 15 is 0 Å². The molecule has 1 aliphatic rings. The van der Waals surface area contributed by atoms with E-state index in [4.69, 9.17) is 10.5 Å². The molecule has 0 spiro atoms. The number of carbonyl (C=O) groups is 1. The van der Waals surface area contributed by atoms with Gasteiger partial charge in [0.2, 0.25) is 0 Å². The Morgan fingerprint density at radius 3 is 2.80 bits per heavy atom. The first-order valence-electron chi connectivity index (χ1n) is 7.51. The van der Waals surface area contributed by atoms with Gasteiger partial charge in [0, 0.05) is 17.9 Å². The number of ether oxygens (including phenoxy) is 1. The van der Waals surface area contributed by atoms with Gasteiger partial charge in [0.1, 0.15) is 0 Å². The van der Waals surface area contributed by atoms with Crippen molar-refractivity contribution in [3.8, 4) is 0 Å². The Hall–Kier alpha value is -1.71. The van der Waals surface area contributed by atoms with Crippen LogP contribution < -0.4 is 11.1 Å². The Kier molecular flexibility index (Phi) is 5.27. The van der Waals surface area contributed by atoms with E-state index in [0.29, 0.717) is 17.9 Å². The smallest absolute Gasteiger partial charge is 0.340 e. The molecule has 0 atom stereocenters. The first kappa shape index (κ1) is 14.7.